The van der Waals surface area contributed by atoms with Crippen LogP contribution in [0, 0.1) is 23.2 Å². The van der Waals surface area contributed by atoms with Gasteiger partial charge >= 0.3 is 0 Å². The van der Waals surface area contributed by atoms with Crippen LogP contribution >= 0.6 is 0 Å². The Morgan fingerprint density at radius 1 is 1.17 bits per heavy atom. The molecule has 1 heterocycles. The van der Waals surface area contributed by atoms with Gasteiger partial charge in [0.2, 0.25) is 0 Å². The highest BCUT2D eigenvalue weighted by atomic mass is 28.4. The zero-order valence-corrected chi connectivity index (χ0v) is 17.4. The van der Waals surface area contributed by atoms with E-state index in [1.165, 1.54) is 32.1 Å². The molecule has 0 aromatic rings. The Kier molecular flexibility index (Phi) is 4.56. The van der Waals surface area contributed by atoms with Gasteiger partial charge in [0.15, 0.2) is 8.32 Å². The van der Waals surface area contributed by atoms with Crippen LogP contribution in [0.5, 0.6) is 0 Å². The smallest absolute Gasteiger partial charge is 0.192 e. The lowest BCUT2D eigenvalue weighted by atomic mass is 9.61. The van der Waals surface area contributed by atoms with Crippen molar-refractivity contribution in [2.75, 3.05) is 6.61 Å². The Balaban J connectivity index is 1.75. The molecule has 3 rings (SSSR count). The third-order valence-corrected chi connectivity index (χ3v) is 12.5. The Morgan fingerprint density at radius 3 is 2.39 bits per heavy atom. The van der Waals surface area contributed by atoms with Gasteiger partial charge in [0, 0.05) is 6.10 Å². The summed E-state index contributed by atoms with van der Waals surface area (Å²) in [5.74, 6) is 2.35. The van der Waals surface area contributed by atoms with E-state index in [-0.39, 0.29) is 0 Å². The van der Waals surface area contributed by atoms with Crippen molar-refractivity contribution >= 4 is 8.32 Å². The minimum absolute atomic E-state index is 0.313. The summed E-state index contributed by atoms with van der Waals surface area (Å²) >= 11 is 0. The molecule has 0 aromatic carbocycles. The fourth-order valence-electron chi connectivity index (χ4n) is 5.34. The summed E-state index contributed by atoms with van der Waals surface area (Å²) in [4.78, 5) is 0. The van der Waals surface area contributed by atoms with E-state index in [0.717, 1.165) is 24.4 Å². The average Bonchev–Trinajstić information content (AvgIpc) is 3.19. The maximum atomic E-state index is 6.93. The molecule has 0 aromatic heterocycles. The van der Waals surface area contributed by atoms with Gasteiger partial charge in [-0.15, -0.1) is 0 Å². The Bertz CT molecular complexity index is 437. The van der Waals surface area contributed by atoms with E-state index in [2.05, 4.69) is 47.7 Å². The Morgan fingerprint density at radius 2 is 1.83 bits per heavy atom. The second-order valence-electron chi connectivity index (χ2n) is 10.3. The average molecular weight is 339 g/mol. The van der Waals surface area contributed by atoms with Crippen molar-refractivity contribution in [1.29, 1.82) is 0 Å². The molecule has 3 fully saturated rings. The molecule has 0 bridgehead atoms. The summed E-state index contributed by atoms with van der Waals surface area (Å²) < 4.78 is 12.6. The van der Waals surface area contributed by atoms with Crippen LogP contribution in [0.2, 0.25) is 18.1 Å². The monoisotopic (exact) mass is 338 g/mol. The van der Waals surface area contributed by atoms with E-state index >= 15 is 0 Å². The number of rotatable bonds is 4. The van der Waals surface area contributed by atoms with E-state index < -0.39 is 8.32 Å². The highest BCUT2D eigenvalue weighted by Gasteiger charge is 2.56. The highest BCUT2D eigenvalue weighted by Crippen LogP contribution is 2.60. The first-order chi connectivity index (χ1) is 10.6. The molecule has 0 N–H and O–H groups in total. The van der Waals surface area contributed by atoms with Crippen LogP contribution in [0.3, 0.4) is 0 Å². The second-order valence-corrected chi connectivity index (χ2v) is 15.1. The lowest BCUT2D eigenvalue weighted by Crippen LogP contribution is -2.50. The van der Waals surface area contributed by atoms with Crippen molar-refractivity contribution in [3.63, 3.8) is 0 Å². The van der Waals surface area contributed by atoms with Crippen LogP contribution in [0.1, 0.15) is 66.7 Å². The van der Waals surface area contributed by atoms with Crippen molar-refractivity contribution in [3.05, 3.63) is 0 Å². The number of fused-ring (bicyclic) bond motifs is 1. The molecular weight excluding hydrogens is 300 g/mol. The maximum Gasteiger partial charge on any atom is 0.192 e. The quantitative estimate of drug-likeness (QED) is 0.489. The van der Waals surface area contributed by atoms with Crippen LogP contribution in [0.15, 0.2) is 0 Å². The van der Waals surface area contributed by atoms with E-state index in [9.17, 15) is 0 Å². The second kappa shape index (κ2) is 5.84. The van der Waals surface area contributed by atoms with Crippen LogP contribution in [0.4, 0.5) is 0 Å². The summed E-state index contributed by atoms with van der Waals surface area (Å²) in [7, 11) is -1.67. The number of epoxide rings is 1. The molecule has 2 aliphatic carbocycles. The molecule has 2 saturated carbocycles. The van der Waals surface area contributed by atoms with Crippen LogP contribution in [-0.4, -0.2) is 27.1 Å². The van der Waals surface area contributed by atoms with E-state index in [0.29, 0.717) is 22.7 Å². The van der Waals surface area contributed by atoms with Crippen molar-refractivity contribution in [3.8, 4) is 0 Å². The highest BCUT2D eigenvalue weighted by molar-refractivity contribution is 6.74. The lowest BCUT2D eigenvalue weighted by molar-refractivity contribution is -0.0229. The van der Waals surface area contributed by atoms with Crippen LogP contribution in [-0.2, 0) is 9.16 Å². The maximum absolute atomic E-state index is 6.93. The number of hydrogen-bond donors (Lipinski definition) is 0. The predicted molar refractivity (Wildman–Crippen MR) is 99.1 cm³/mol. The summed E-state index contributed by atoms with van der Waals surface area (Å²) in [5, 5.41) is 0.313. The van der Waals surface area contributed by atoms with E-state index in [4.69, 9.17) is 9.16 Å². The SMILES string of the molecule is C[C@H](C1CO1)[C@H]1CC[C@H]2[C@@H](O[Si](C)(C)C(C)(C)C)CCC[C@]12C. The van der Waals surface area contributed by atoms with Crippen molar-refractivity contribution in [2.45, 2.75) is 97.1 Å². The molecule has 1 saturated heterocycles. The van der Waals surface area contributed by atoms with Gasteiger partial charge in [-0.3, -0.25) is 0 Å². The molecule has 2 nitrogen and oxygen atoms in total. The predicted octanol–water partition coefficient (Wildman–Crippen LogP) is 5.63. The topological polar surface area (TPSA) is 21.8 Å². The lowest BCUT2D eigenvalue weighted by Gasteiger charge is -2.49. The summed E-state index contributed by atoms with van der Waals surface area (Å²) in [5.41, 5.74) is 0.483. The molecule has 6 atom stereocenters. The normalized spacial score (nSPS) is 42.4. The zero-order valence-electron chi connectivity index (χ0n) is 16.4. The Labute approximate surface area is 144 Å². The molecule has 134 valence electrons. The van der Waals surface area contributed by atoms with Gasteiger partial charge in [-0.1, -0.05) is 41.0 Å². The van der Waals surface area contributed by atoms with Gasteiger partial charge < -0.3 is 9.16 Å². The summed E-state index contributed by atoms with van der Waals surface area (Å²) in [6.07, 6.45) is 7.85. The van der Waals surface area contributed by atoms with E-state index in [1.807, 2.05) is 0 Å². The minimum Gasteiger partial charge on any atom is -0.414 e. The van der Waals surface area contributed by atoms with Gasteiger partial charge in [0.1, 0.15) is 0 Å². The molecule has 0 spiro atoms. The van der Waals surface area contributed by atoms with Crippen LogP contribution in [0.25, 0.3) is 0 Å². The van der Waals surface area contributed by atoms with Gasteiger partial charge in [-0.25, -0.2) is 0 Å². The van der Waals surface area contributed by atoms with Crippen molar-refractivity contribution in [2.24, 2.45) is 23.2 Å². The molecule has 1 aliphatic heterocycles. The standard InChI is InChI=1S/C20H38O2Si/c1-14(18-13-21-18)15-10-11-16-17(9-8-12-20(15,16)5)22-23(6,7)19(2,3)4/h14-18H,8-13H2,1-7H3/t14-,15+,16-,17-,18?,20+/m0/s1. The van der Waals surface area contributed by atoms with Crippen LogP contribution < -0.4 is 0 Å². The molecule has 0 amide bonds. The number of ether oxygens (including phenoxy) is 1. The molecule has 3 aliphatic rings. The summed E-state index contributed by atoms with van der Waals surface area (Å²) in [6.45, 7) is 18.0. The third kappa shape index (κ3) is 3.18. The minimum atomic E-state index is -1.67. The third-order valence-electron chi connectivity index (χ3n) is 7.97. The molecule has 23 heavy (non-hydrogen) atoms. The molecule has 3 heteroatoms. The van der Waals surface area contributed by atoms with Gasteiger partial charge in [0.25, 0.3) is 0 Å². The van der Waals surface area contributed by atoms with Gasteiger partial charge in [-0.05, 0) is 67.0 Å². The first-order valence-electron chi connectivity index (χ1n) is 9.86. The Hall–Kier alpha value is 0.137. The fourth-order valence-corrected chi connectivity index (χ4v) is 6.73. The first kappa shape index (κ1) is 17.9. The zero-order chi connectivity index (χ0) is 17.0. The van der Waals surface area contributed by atoms with Gasteiger partial charge in [-0.2, -0.15) is 0 Å². The van der Waals surface area contributed by atoms with Crippen molar-refractivity contribution in [1.82, 2.24) is 0 Å². The molecule has 0 radical (unpaired) electrons. The number of hydrogen-bond acceptors (Lipinski definition) is 2. The van der Waals surface area contributed by atoms with Gasteiger partial charge in [0.05, 0.1) is 12.7 Å². The molecular formula is C20H38O2Si. The fraction of sp³-hybridized carbons (Fsp3) is 1.00. The first-order valence-corrected chi connectivity index (χ1v) is 12.8. The molecule has 1 unspecified atom stereocenters. The largest absolute Gasteiger partial charge is 0.414 e. The summed E-state index contributed by atoms with van der Waals surface area (Å²) in [6, 6.07) is 0. The van der Waals surface area contributed by atoms with E-state index in [1.54, 1.807) is 0 Å². The van der Waals surface area contributed by atoms with Crippen molar-refractivity contribution < 1.29 is 9.16 Å².